The van der Waals surface area contributed by atoms with Gasteiger partial charge in [0.15, 0.2) is 41.0 Å². The second kappa shape index (κ2) is 59.5. The van der Waals surface area contributed by atoms with Gasteiger partial charge in [-0.2, -0.15) is 17.6 Å². The van der Waals surface area contributed by atoms with E-state index in [1.807, 2.05) is 12.1 Å². The van der Waals surface area contributed by atoms with Crippen LogP contribution in [0.25, 0.3) is 0 Å². The molecule has 0 aromatic heterocycles. The molecular weight excluding hydrogens is 1960 g/mol. The topological polar surface area (TPSA) is 64.6 Å². The molecular formula is C124H173F19O7. The fraction of sp³-hybridized carbons (Fsp3) is 0.726. The van der Waals surface area contributed by atoms with Crippen molar-refractivity contribution in [3.05, 3.63) is 173 Å². The maximum Gasteiger partial charge on any atom is 0.573 e. The van der Waals surface area contributed by atoms with Gasteiger partial charge < -0.3 is 33.2 Å². The zero-order valence-corrected chi connectivity index (χ0v) is 90.0. The molecule has 0 spiro atoms. The van der Waals surface area contributed by atoms with Crippen molar-refractivity contribution in [3.63, 3.8) is 0 Å². The van der Waals surface area contributed by atoms with Crippen molar-refractivity contribution in [3.8, 4) is 28.7 Å². The molecule has 2 aliphatic heterocycles. The van der Waals surface area contributed by atoms with E-state index in [0.717, 1.165) is 170 Å². The zero-order valence-electron chi connectivity index (χ0n) is 90.0. The van der Waals surface area contributed by atoms with E-state index in [1.54, 1.807) is 24.3 Å². The van der Waals surface area contributed by atoms with Gasteiger partial charge in [0.25, 0.3) is 0 Å². The molecule has 0 bridgehead atoms. The number of halogens is 19. The number of ether oxygens (including phenoxy) is 7. The van der Waals surface area contributed by atoms with E-state index < -0.39 is 89.7 Å². The third-order valence-corrected chi connectivity index (χ3v) is 37.0. The van der Waals surface area contributed by atoms with E-state index in [2.05, 4.69) is 90.0 Å². The van der Waals surface area contributed by atoms with E-state index in [-0.39, 0.29) is 61.1 Å². The molecule has 4 unspecified atom stereocenters. The fourth-order valence-corrected chi connectivity index (χ4v) is 28.1. The summed E-state index contributed by atoms with van der Waals surface area (Å²) in [6.45, 7) is 18.4. The van der Waals surface area contributed by atoms with Crippen LogP contribution in [-0.2, 0) is 9.47 Å². The normalized spacial score (nSPS) is 30.9. The number of allylic oxidation sites excluding steroid dienone is 3. The average molecular weight is 2140 g/mol. The first-order valence-corrected chi connectivity index (χ1v) is 58.2. The van der Waals surface area contributed by atoms with Crippen LogP contribution in [0.15, 0.2) is 122 Å². The van der Waals surface area contributed by atoms with E-state index in [9.17, 15) is 83.4 Å². The quantitative estimate of drug-likeness (QED) is 0.0205. The van der Waals surface area contributed by atoms with Crippen molar-refractivity contribution < 1.29 is 117 Å². The van der Waals surface area contributed by atoms with Crippen molar-refractivity contribution in [1.29, 1.82) is 0 Å². The van der Waals surface area contributed by atoms with Gasteiger partial charge in [-0.3, -0.25) is 0 Å². The molecule has 12 aliphatic rings. The summed E-state index contributed by atoms with van der Waals surface area (Å²) in [5.41, 5.74) is 3.47. The summed E-state index contributed by atoms with van der Waals surface area (Å²) in [6, 6.07) is 21.2. The summed E-state index contributed by atoms with van der Waals surface area (Å²) < 4.78 is 279. The third kappa shape index (κ3) is 39.2. The second-order valence-corrected chi connectivity index (χ2v) is 47.0. The van der Waals surface area contributed by atoms with Crippen LogP contribution in [0.2, 0.25) is 0 Å². The van der Waals surface area contributed by atoms with Crippen LogP contribution in [0.3, 0.4) is 0 Å². The first kappa shape index (κ1) is 122. The predicted octanol–water partition coefficient (Wildman–Crippen LogP) is 40.3. The summed E-state index contributed by atoms with van der Waals surface area (Å²) >= 11 is 0. The minimum Gasteiger partial charge on any atom is -0.432 e. The molecule has 0 radical (unpaired) electrons. The molecule has 5 aromatic rings. The molecule has 2 heterocycles. The standard InChI is InChI=1S/C24H35F3O.2C21H27F5O2.C21H29F3O.C20H27F3O.C17H28/c1-2-3-4-5-18-6-8-19(9-7-18)20-10-12-21(13-11-20)22-14-16-23(17-15-22)28-24(25,26)27;1-2-3-13-4-9-19(27-12-13)14-5-7-15(8-6-14)21(25,26)28-16-10-17(22)20(24)18(23)11-16;1-2-3-13-4-6-14(7-5-13)15-8-9-19(27-12-15)21(25,26)28-16-10-17(22)20(24)18(23)11-16;1-2-15-3-5-16(6-4-15)17-7-9-18(10-8-17)19-11-13-20(14-12-19)25-21(22,23)24;1-14-2-4-15(5-3-14)16-6-8-17(9-7-16)18-10-12-19(13-11-18)24-20(21,22)23;1-3-5-15-8-12-17(13-9-15)16-10-6-14(4-2)7-11-16/h14-21H,2-13H2,1H3;2*10-11,13-15,19H,2-9,12H2,1H3;11-18H,2-10H2,1H3;10-17H,2-9H2,1H3;3-5,14-17H,2,6-13H2,1H3/b;;;;;5-3+. The largest absolute Gasteiger partial charge is 0.573 e. The van der Waals surface area contributed by atoms with Crippen molar-refractivity contribution in [1.82, 2.24) is 0 Å². The maximum absolute atomic E-state index is 14.5. The molecule has 10 saturated carbocycles. The summed E-state index contributed by atoms with van der Waals surface area (Å²) in [7, 11) is 0. The van der Waals surface area contributed by atoms with Crippen LogP contribution in [0.5, 0.6) is 28.7 Å². The van der Waals surface area contributed by atoms with E-state index >= 15 is 0 Å². The Kier molecular flexibility index (Phi) is 48.3. The Hall–Kier alpha value is -6.83. The molecule has 26 heteroatoms. The molecule has 10 aliphatic carbocycles. The van der Waals surface area contributed by atoms with Gasteiger partial charge in [-0.15, -0.1) is 46.1 Å². The number of hydrogen-bond acceptors (Lipinski definition) is 7. The van der Waals surface area contributed by atoms with Crippen LogP contribution in [0.4, 0.5) is 83.4 Å². The smallest absolute Gasteiger partial charge is 0.432 e. The van der Waals surface area contributed by atoms with Crippen LogP contribution in [-0.4, -0.2) is 56.7 Å². The minimum atomic E-state index is -4.62. The van der Waals surface area contributed by atoms with Gasteiger partial charge in [-0.05, 0) is 422 Å². The number of alkyl halides is 13. The molecule has 150 heavy (non-hydrogen) atoms. The molecule has 4 atom stereocenters. The van der Waals surface area contributed by atoms with Crippen LogP contribution >= 0.6 is 0 Å². The molecule has 12 fully saturated rings. The Morgan fingerprint density at radius 3 is 0.953 bits per heavy atom. The van der Waals surface area contributed by atoms with Gasteiger partial charge in [-0.25, -0.2) is 26.3 Å². The zero-order chi connectivity index (χ0) is 108. The van der Waals surface area contributed by atoms with Gasteiger partial charge >= 0.3 is 31.3 Å². The van der Waals surface area contributed by atoms with Crippen molar-refractivity contribution in [2.75, 3.05) is 13.2 Å². The SMILES string of the molecule is C=CC1CCC(C2CCC(/C=C/C)CC2)CC1.CC1CCC(C2CCC(c3ccc(OC(F)(F)F)cc3)CC2)CC1.CCC1CCC(C2CCC(c3ccc(OC(F)(F)F)cc3)CC2)CC1.CCCC1CCC(C2CCC(C(F)(F)Oc3cc(F)c(F)c(F)c3)CC2)OC1.CCCC1CCC(C2CCC(C(F)(F)Oc3cc(F)c(F)c(F)c3)OC2)CC1.CCCCCC1CCC(C2CCC(c3ccc(OC(F)(F)F)cc3)CC2)CC1. The number of unbranched alkanes of at least 4 members (excludes halogenated alkanes) is 2. The lowest BCUT2D eigenvalue weighted by Gasteiger charge is -2.39. The first-order valence-electron chi connectivity index (χ1n) is 58.2. The minimum absolute atomic E-state index is 0.110. The molecule has 7 nitrogen and oxygen atoms in total. The maximum atomic E-state index is 14.5. The Morgan fingerprint density at radius 2 is 0.620 bits per heavy atom. The lowest BCUT2D eigenvalue weighted by molar-refractivity contribution is -0.275. The molecule has 844 valence electrons. The molecule has 17 rings (SSSR count). The van der Waals surface area contributed by atoms with Crippen LogP contribution in [0, 0.1) is 147 Å². The molecule has 2 saturated heterocycles. The van der Waals surface area contributed by atoms with Crippen molar-refractivity contribution in [2.45, 2.75) is 443 Å². The summed E-state index contributed by atoms with van der Waals surface area (Å²) in [5, 5.41) is 0. The van der Waals surface area contributed by atoms with E-state index in [0.29, 0.717) is 73.1 Å². The summed E-state index contributed by atoms with van der Waals surface area (Å²) in [5.74, 6) is 3.23. The monoisotopic (exact) mass is 2140 g/mol. The van der Waals surface area contributed by atoms with Gasteiger partial charge in [-0.1, -0.05) is 192 Å². The Labute approximate surface area is 882 Å². The Bertz CT molecular complexity index is 4480. The van der Waals surface area contributed by atoms with E-state index in [1.165, 1.54) is 274 Å². The fourth-order valence-electron chi connectivity index (χ4n) is 28.1. The van der Waals surface area contributed by atoms with E-state index in [4.69, 9.17) is 9.47 Å². The highest BCUT2D eigenvalue weighted by molar-refractivity contribution is 5.33. The average Bonchev–Trinajstić information content (AvgIpc) is 0.813. The summed E-state index contributed by atoms with van der Waals surface area (Å²) in [6.07, 6.45) is 48.1. The number of benzene rings is 5. The highest BCUT2D eigenvalue weighted by atomic mass is 19.4. The van der Waals surface area contributed by atoms with Gasteiger partial charge in [0.2, 0.25) is 0 Å². The first-order chi connectivity index (χ1) is 71.7. The lowest BCUT2D eigenvalue weighted by Crippen LogP contribution is -2.45. The molecule has 0 amide bonds. The van der Waals surface area contributed by atoms with Crippen LogP contribution in [0.1, 0.15) is 416 Å². The third-order valence-electron chi connectivity index (χ3n) is 37.0. The Morgan fingerprint density at radius 1 is 0.300 bits per heavy atom. The summed E-state index contributed by atoms with van der Waals surface area (Å²) in [4.78, 5) is 0. The Balaban J connectivity index is 0.000000160. The molecule has 5 aromatic carbocycles. The number of hydrogen-bond donors (Lipinski definition) is 0. The predicted molar refractivity (Wildman–Crippen MR) is 555 cm³/mol. The van der Waals surface area contributed by atoms with Gasteiger partial charge in [0.1, 0.15) is 28.7 Å². The van der Waals surface area contributed by atoms with Crippen LogP contribution < -0.4 is 23.7 Å². The highest BCUT2D eigenvalue weighted by Gasteiger charge is 2.50. The lowest BCUT2D eigenvalue weighted by atomic mass is 9.68. The molecule has 0 N–H and O–H groups in total. The van der Waals surface area contributed by atoms with Gasteiger partial charge in [0, 0.05) is 30.9 Å². The number of rotatable bonds is 29. The second-order valence-electron chi connectivity index (χ2n) is 47.0. The van der Waals surface area contributed by atoms with Crippen molar-refractivity contribution in [2.24, 2.45) is 112 Å². The van der Waals surface area contributed by atoms with Gasteiger partial charge in [0.05, 0.1) is 18.6 Å². The van der Waals surface area contributed by atoms with Crippen molar-refractivity contribution >= 4 is 0 Å². The highest BCUT2D eigenvalue weighted by Crippen LogP contribution is 2.53.